The van der Waals surface area contributed by atoms with Crippen LogP contribution in [-0.4, -0.2) is 25.5 Å². The lowest BCUT2D eigenvalue weighted by molar-refractivity contribution is -0.117. The fourth-order valence-corrected chi connectivity index (χ4v) is 3.91. The molecule has 0 bridgehead atoms. The summed E-state index contributed by atoms with van der Waals surface area (Å²) in [6.45, 7) is 5.54. The van der Waals surface area contributed by atoms with E-state index in [0.717, 1.165) is 9.56 Å². The molecule has 1 N–H and O–H groups in total. The molecule has 0 spiro atoms. The molecule has 0 saturated carbocycles. The molecule has 0 atom stereocenters. The van der Waals surface area contributed by atoms with Crippen LogP contribution in [0.25, 0.3) is 21.5 Å². The van der Waals surface area contributed by atoms with Gasteiger partial charge in [-0.1, -0.05) is 12.1 Å². The summed E-state index contributed by atoms with van der Waals surface area (Å²) in [6.07, 6.45) is 1.64. The molecule has 0 fully saturated rings. The van der Waals surface area contributed by atoms with Crippen molar-refractivity contribution in [2.45, 2.75) is 32.9 Å². The van der Waals surface area contributed by atoms with Crippen molar-refractivity contribution >= 4 is 33.8 Å². The number of amides is 1. The van der Waals surface area contributed by atoms with Crippen molar-refractivity contribution in [2.75, 3.05) is 5.32 Å². The van der Waals surface area contributed by atoms with Crippen molar-refractivity contribution in [2.24, 2.45) is 0 Å². The Kier molecular flexibility index (Phi) is 4.98. The van der Waals surface area contributed by atoms with Gasteiger partial charge in [-0.3, -0.25) is 14.3 Å². The monoisotopic (exact) mass is 425 g/mol. The van der Waals surface area contributed by atoms with E-state index >= 15 is 0 Å². The Balaban J connectivity index is 1.80. The van der Waals surface area contributed by atoms with E-state index in [4.69, 9.17) is 0 Å². The zero-order valence-electron chi connectivity index (χ0n) is 16.7. The molecule has 0 aliphatic heterocycles. The first-order valence-corrected chi connectivity index (χ1v) is 10.2. The highest BCUT2D eigenvalue weighted by Gasteiger charge is 2.24. The SMILES string of the molecule is CC(C)(C)n1ncc2c(-c3cccs3)nn(CC(=O)Nc3cccc(F)c3)c(=O)c21. The number of fused-ring (bicyclic) bond motifs is 1. The average molecular weight is 425 g/mol. The molecule has 4 aromatic rings. The van der Waals surface area contributed by atoms with Crippen molar-refractivity contribution < 1.29 is 9.18 Å². The second-order valence-corrected chi connectivity index (χ2v) is 8.78. The van der Waals surface area contributed by atoms with Crippen LogP contribution in [0.4, 0.5) is 10.1 Å². The molecule has 154 valence electrons. The fraction of sp³-hybridized carbons (Fsp3) is 0.238. The van der Waals surface area contributed by atoms with Crippen molar-refractivity contribution in [3.8, 4) is 10.6 Å². The normalized spacial score (nSPS) is 11.7. The number of thiophene rings is 1. The summed E-state index contributed by atoms with van der Waals surface area (Å²) in [5, 5.41) is 14.0. The van der Waals surface area contributed by atoms with E-state index in [2.05, 4.69) is 15.5 Å². The molecular weight excluding hydrogens is 405 g/mol. The first kappa shape index (κ1) is 20.0. The van der Waals surface area contributed by atoms with Crippen LogP contribution in [0, 0.1) is 5.82 Å². The van der Waals surface area contributed by atoms with Gasteiger partial charge in [-0.2, -0.15) is 10.2 Å². The Morgan fingerprint density at radius 1 is 1.23 bits per heavy atom. The minimum absolute atomic E-state index is 0.307. The van der Waals surface area contributed by atoms with Crippen LogP contribution in [0.3, 0.4) is 0 Å². The molecule has 0 unspecified atom stereocenters. The van der Waals surface area contributed by atoms with Crippen molar-refractivity contribution in [3.05, 3.63) is 64.1 Å². The Morgan fingerprint density at radius 2 is 2.03 bits per heavy atom. The molecule has 3 heterocycles. The second kappa shape index (κ2) is 7.49. The van der Waals surface area contributed by atoms with Crippen LogP contribution in [0.1, 0.15) is 20.8 Å². The second-order valence-electron chi connectivity index (χ2n) is 7.84. The molecule has 7 nitrogen and oxygen atoms in total. The van der Waals surface area contributed by atoms with Crippen LogP contribution in [0.2, 0.25) is 0 Å². The van der Waals surface area contributed by atoms with Crippen LogP contribution in [-0.2, 0) is 16.9 Å². The van der Waals surface area contributed by atoms with E-state index in [-0.39, 0.29) is 6.54 Å². The third-order valence-corrected chi connectivity index (χ3v) is 5.35. The maximum absolute atomic E-state index is 13.4. The van der Waals surface area contributed by atoms with Gasteiger partial charge in [0, 0.05) is 5.69 Å². The van der Waals surface area contributed by atoms with E-state index in [9.17, 15) is 14.0 Å². The van der Waals surface area contributed by atoms with E-state index in [1.54, 1.807) is 16.9 Å². The lowest BCUT2D eigenvalue weighted by Crippen LogP contribution is -2.33. The zero-order valence-corrected chi connectivity index (χ0v) is 17.5. The zero-order chi connectivity index (χ0) is 21.5. The van der Waals surface area contributed by atoms with Gasteiger partial charge in [0.25, 0.3) is 5.56 Å². The third-order valence-electron chi connectivity index (χ3n) is 4.47. The molecule has 9 heteroatoms. The first-order chi connectivity index (χ1) is 14.2. The number of rotatable bonds is 4. The Morgan fingerprint density at radius 3 is 2.70 bits per heavy atom. The molecule has 1 amide bonds. The van der Waals surface area contributed by atoms with Crippen LogP contribution in [0.15, 0.2) is 52.8 Å². The molecule has 0 saturated heterocycles. The van der Waals surface area contributed by atoms with Gasteiger partial charge in [0.1, 0.15) is 23.6 Å². The van der Waals surface area contributed by atoms with E-state index in [1.807, 2.05) is 38.3 Å². The van der Waals surface area contributed by atoms with Crippen LogP contribution < -0.4 is 10.9 Å². The van der Waals surface area contributed by atoms with Gasteiger partial charge in [0.2, 0.25) is 5.91 Å². The van der Waals surface area contributed by atoms with Crippen molar-refractivity contribution in [3.63, 3.8) is 0 Å². The Labute approximate surface area is 175 Å². The smallest absolute Gasteiger partial charge is 0.293 e. The molecule has 4 rings (SSSR count). The molecular formula is C21H20FN5O2S. The summed E-state index contributed by atoms with van der Waals surface area (Å²) in [4.78, 5) is 26.6. The highest BCUT2D eigenvalue weighted by Crippen LogP contribution is 2.30. The molecule has 0 aliphatic rings. The van der Waals surface area contributed by atoms with Gasteiger partial charge >= 0.3 is 0 Å². The number of aromatic nitrogens is 4. The summed E-state index contributed by atoms with van der Waals surface area (Å²) < 4.78 is 16.2. The molecule has 0 aliphatic carbocycles. The Hall–Kier alpha value is -3.33. The summed E-state index contributed by atoms with van der Waals surface area (Å²) in [6, 6.07) is 9.38. The number of benzene rings is 1. The molecule has 1 aromatic carbocycles. The number of hydrogen-bond acceptors (Lipinski definition) is 5. The number of anilines is 1. The van der Waals surface area contributed by atoms with E-state index in [0.29, 0.717) is 22.3 Å². The largest absolute Gasteiger partial charge is 0.324 e. The third kappa shape index (κ3) is 3.76. The molecule has 0 radical (unpaired) electrons. The van der Waals surface area contributed by atoms with Gasteiger partial charge in [-0.15, -0.1) is 11.3 Å². The average Bonchev–Trinajstić information content (AvgIpc) is 3.33. The topological polar surface area (TPSA) is 81.8 Å². The van der Waals surface area contributed by atoms with Gasteiger partial charge in [-0.05, 0) is 50.4 Å². The van der Waals surface area contributed by atoms with E-state index < -0.39 is 22.8 Å². The molecule has 3 aromatic heterocycles. The van der Waals surface area contributed by atoms with Gasteiger partial charge < -0.3 is 5.32 Å². The van der Waals surface area contributed by atoms with Gasteiger partial charge in [0.15, 0.2) is 0 Å². The number of halogens is 1. The van der Waals surface area contributed by atoms with Crippen LogP contribution in [0.5, 0.6) is 0 Å². The quantitative estimate of drug-likeness (QED) is 0.538. The minimum Gasteiger partial charge on any atom is -0.324 e. The number of nitrogens with zero attached hydrogens (tertiary/aromatic N) is 4. The molecule has 30 heavy (non-hydrogen) atoms. The summed E-state index contributed by atoms with van der Waals surface area (Å²) in [5.41, 5.74) is 0.448. The summed E-state index contributed by atoms with van der Waals surface area (Å²) in [7, 11) is 0. The summed E-state index contributed by atoms with van der Waals surface area (Å²) >= 11 is 1.49. The summed E-state index contributed by atoms with van der Waals surface area (Å²) in [5.74, 6) is -0.938. The highest BCUT2D eigenvalue weighted by molar-refractivity contribution is 7.13. The predicted octanol–water partition coefficient (Wildman–Crippen LogP) is 3.85. The standard InChI is InChI=1S/C21H20FN5O2S/c1-21(2,3)27-19-15(11-23-27)18(16-8-5-9-30-16)25-26(20(19)29)12-17(28)24-14-7-4-6-13(22)10-14/h4-11H,12H2,1-3H3,(H,24,28). The minimum atomic E-state index is -0.478. The number of carbonyl (C=O) groups is 1. The predicted molar refractivity (Wildman–Crippen MR) is 115 cm³/mol. The van der Waals surface area contributed by atoms with Gasteiger partial charge in [0.05, 0.1) is 22.0 Å². The van der Waals surface area contributed by atoms with Gasteiger partial charge in [-0.25, -0.2) is 9.07 Å². The Bertz CT molecular complexity index is 1290. The first-order valence-electron chi connectivity index (χ1n) is 9.32. The highest BCUT2D eigenvalue weighted by atomic mass is 32.1. The van der Waals surface area contributed by atoms with Crippen LogP contribution >= 0.6 is 11.3 Å². The number of nitrogens with one attached hydrogen (secondary N) is 1. The van der Waals surface area contributed by atoms with Crippen molar-refractivity contribution in [1.29, 1.82) is 0 Å². The maximum atomic E-state index is 13.4. The maximum Gasteiger partial charge on any atom is 0.293 e. The number of carbonyl (C=O) groups excluding carboxylic acids is 1. The van der Waals surface area contributed by atoms with Crippen molar-refractivity contribution in [1.82, 2.24) is 19.6 Å². The fourth-order valence-electron chi connectivity index (χ4n) is 3.18. The number of hydrogen-bond donors (Lipinski definition) is 1. The lowest BCUT2D eigenvalue weighted by Gasteiger charge is -2.20. The lowest BCUT2D eigenvalue weighted by atomic mass is 10.1. The van der Waals surface area contributed by atoms with E-state index in [1.165, 1.54) is 29.5 Å².